The summed E-state index contributed by atoms with van der Waals surface area (Å²) in [6.07, 6.45) is 0. The molecule has 1 rings (SSSR count). The molecule has 1 aromatic carbocycles. The number of aryl methyl sites for hydroxylation is 1. The van der Waals surface area contributed by atoms with E-state index in [1.54, 1.807) is 7.11 Å². The summed E-state index contributed by atoms with van der Waals surface area (Å²) in [4.78, 5) is 0.381. The number of halogens is 1. The summed E-state index contributed by atoms with van der Waals surface area (Å²) in [7, 11) is 1.70. The van der Waals surface area contributed by atoms with Gasteiger partial charge < -0.3 is 4.74 Å². The van der Waals surface area contributed by atoms with Crippen LogP contribution in [-0.2, 0) is 0 Å². The van der Waals surface area contributed by atoms with Gasteiger partial charge in [0.15, 0.2) is 0 Å². The molecule has 0 radical (unpaired) electrons. The van der Waals surface area contributed by atoms with Crippen LogP contribution in [-0.4, -0.2) is 7.11 Å². The van der Waals surface area contributed by atoms with E-state index in [-0.39, 0.29) is 0 Å². The lowest BCUT2D eigenvalue weighted by Gasteiger charge is -2.08. The Morgan fingerprint density at radius 2 is 2.08 bits per heavy atom. The fraction of sp³-hybridized carbons (Fsp3) is 0.400. The van der Waals surface area contributed by atoms with E-state index in [0.717, 1.165) is 5.75 Å². The van der Waals surface area contributed by atoms with E-state index in [0.29, 0.717) is 4.83 Å². The molecule has 66 valence electrons. The summed E-state index contributed by atoms with van der Waals surface area (Å²) >= 11 is 3.51. The Morgan fingerprint density at radius 1 is 1.42 bits per heavy atom. The summed E-state index contributed by atoms with van der Waals surface area (Å²) in [5.41, 5.74) is 2.42. The van der Waals surface area contributed by atoms with Crippen molar-refractivity contribution in [1.82, 2.24) is 0 Å². The molecule has 0 aliphatic carbocycles. The van der Waals surface area contributed by atoms with Crippen molar-refractivity contribution in [3.05, 3.63) is 29.3 Å². The second-order valence-corrected chi connectivity index (χ2v) is 4.22. The zero-order valence-corrected chi connectivity index (χ0v) is 9.18. The third-order valence-electron chi connectivity index (χ3n) is 1.89. The van der Waals surface area contributed by atoms with Crippen LogP contribution in [0.25, 0.3) is 0 Å². The lowest BCUT2D eigenvalue weighted by Crippen LogP contribution is -1.90. The summed E-state index contributed by atoms with van der Waals surface area (Å²) in [6.45, 7) is 4.14. The lowest BCUT2D eigenvalue weighted by atomic mass is 10.1. The smallest absolute Gasteiger partial charge is 0.122 e. The molecule has 0 saturated carbocycles. The molecule has 2 heteroatoms. The number of methoxy groups -OCH3 is 1. The van der Waals surface area contributed by atoms with Gasteiger partial charge >= 0.3 is 0 Å². The van der Waals surface area contributed by atoms with E-state index < -0.39 is 0 Å². The van der Waals surface area contributed by atoms with Crippen molar-refractivity contribution in [2.24, 2.45) is 0 Å². The molecule has 0 amide bonds. The highest BCUT2D eigenvalue weighted by Gasteiger charge is 2.03. The summed E-state index contributed by atoms with van der Waals surface area (Å²) < 4.78 is 5.21. The van der Waals surface area contributed by atoms with Gasteiger partial charge in [-0.15, -0.1) is 0 Å². The molecular formula is C10H13BrO. The van der Waals surface area contributed by atoms with E-state index in [1.807, 2.05) is 6.92 Å². The highest BCUT2D eigenvalue weighted by Crippen LogP contribution is 2.27. The second kappa shape index (κ2) is 3.94. The molecule has 0 saturated heterocycles. The van der Waals surface area contributed by atoms with E-state index in [4.69, 9.17) is 4.74 Å². The van der Waals surface area contributed by atoms with Crippen molar-refractivity contribution in [2.75, 3.05) is 7.11 Å². The minimum atomic E-state index is 0.381. The van der Waals surface area contributed by atoms with Gasteiger partial charge in [-0.2, -0.15) is 0 Å². The third-order valence-corrected chi connectivity index (χ3v) is 2.42. The van der Waals surface area contributed by atoms with Gasteiger partial charge in [0, 0.05) is 4.83 Å². The van der Waals surface area contributed by atoms with Crippen molar-refractivity contribution >= 4 is 15.9 Å². The van der Waals surface area contributed by atoms with Crippen LogP contribution in [0.1, 0.15) is 22.9 Å². The molecule has 1 atom stereocenters. The molecule has 12 heavy (non-hydrogen) atoms. The van der Waals surface area contributed by atoms with E-state index in [9.17, 15) is 0 Å². The highest BCUT2D eigenvalue weighted by molar-refractivity contribution is 9.09. The van der Waals surface area contributed by atoms with Crippen LogP contribution < -0.4 is 4.74 Å². The third kappa shape index (κ3) is 2.01. The quantitative estimate of drug-likeness (QED) is 0.705. The van der Waals surface area contributed by atoms with Gasteiger partial charge in [0.2, 0.25) is 0 Å². The Labute approximate surface area is 81.9 Å². The molecule has 0 spiro atoms. The predicted molar refractivity (Wildman–Crippen MR) is 55.1 cm³/mol. The molecule has 0 N–H and O–H groups in total. The Morgan fingerprint density at radius 3 is 2.58 bits per heavy atom. The van der Waals surface area contributed by atoms with Gasteiger partial charge in [-0.25, -0.2) is 0 Å². The first kappa shape index (κ1) is 9.59. The molecule has 1 aromatic rings. The number of rotatable bonds is 2. The Bertz CT molecular complexity index is 269. The van der Waals surface area contributed by atoms with Crippen molar-refractivity contribution < 1.29 is 4.74 Å². The second-order valence-electron chi connectivity index (χ2n) is 2.85. The van der Waals surface area contributed by atoms with Crippen LogP contribution in [0.15, 0.2) is 18.2 Å². The van der Waals surface area contributed by atoms with Crippen molar-refractivity contribution in [2.45, 2.75) is 18.7 Å². The van der Waals surface area contributed by atoms with Gasteiger partial charge in [0.1, 0.15) is 5.75 Å². The molecule has 0 bridgehead atoms. The van der Waals surface area contributed by atoms with E-state index in [1.165, 1.54) is 11.1 Å². The van der Waals surface area contributed by atoms with E-state index >= 15 is 0 Å². The van der Waals surface area contributed by atoms with Crippen LogP contribution in [0, 0.1) is 6.92 Å². The topological polar surface area (TPSA) is 9.23 Å². The zero-order chi connectivity index (χ0) is 9.14. The van der Waals surface area contributed by atoms with Crippen LogP contribution in [0.3, 0.4) is 0 Å². The van der Waals surface area contributed by atoms with E-state index in [2.05, 4.69) is 41.1 Å². The lowest BCUT2D eigenvalue weighted by molar-refractivity contribution is 0.411. The maximum Gasteiger partial charge on any atom is 0.122 e. The Balaban J connectivity index is 3.05. The average Bonchev–Trinajstić information content (AvgIpc) is 2.05. The Hall–Kier alpha value is -0.500. The maximum atomic E-state index is 5.21. The van der Waals surface area contributed by atoms with Crippen LogP contribution >= 0.6 is 15.9 Å². The first-order chi connectivity index (χ1) is 5.65. The number of alkyl halides is 1. The normalized spacial score (nSPS) is 12.7. The van der Waals surface area contributed by atoms with Gasteiger partial charge in [-0.05, 0) is 31.0 Å². The first-order valence-electron chi connectivity index (χ1n) is 3.93. The minimum absolute atomic E-state index is 0.381. The SMILES string of the molecule is COc1cc(C(C)Br)ccc1C. The average molecular weight is 229 g/mol. The van der Waals surface area contributed by atoms with Crippen molar-refractivity contribution in [1.29, 1.82) is 0 Å². The van der Waals surface area contributed by atoms with Crippen LogP contribution in [0.5, 0.6) is 5.75 Å². The summed E-state index contributed by atoms with van der Waals surface area (Å²) in [5, 5.41) is 0. The molecule has 0 aromatic heterocycles. The highest BCUT2D eigenvalue weighted by atomic mass is 79.9. The fourth-order valence-electron chi connectivity index (χ4n) is 1.08. The number of benzene rings is 1. The number of ether oxygens (including phenoxy) is 1. The molecule has 0 fully saturated rings. The fourth-order valence-corrected chi connectivity index (χ4v) is 1.37. The zero-order valence-electron chi connectivity index (χ0n) is 7.60. The maximum absolute atomic E-state index is 5.21. The molecule has 1 nitrogen and oxygen atoms in total. The van der Waals surface area contributed by atoms with Crippen molar-refractivity contribution in [3.63, 3.8) is 0 Å². The molecular weight excluding hydrogens is 216 g/mol. The number of hydrogen-bond acceptors (Lipinski definition) is 1. The van der Waals surface area contributed by atoms with Gasteiger partial charge in [0.05, 0.1) is 7.11 Å². The number of hydrogen-bond donors (Lipinski definition) is 0. The van der Waals surface area contributed by atoms with Crippen LogP contribution in [0.4, 0.5) is 0 Å². The standard InChI is InChI=1S/C10H13BrO/c1-7-4-5-9(8(2)11)6-10(7)12-3/h4-6,8H,1-3H3. The molecule has 1 unspecified atom stereocenters. The van der Waals surface area contributed by atoms with Crippen LogP contribution in [0.2, 0.25) is 0 Å². The summed E-state index contributed by atoms with van der Waals surface area (Å²) in [5.74, 6) is 0.957. The van der Waals surface area contributed by atoms with Gasteiger partial charge in [-0.3, -0.25) is 0 Å². The monoisotopic (exact) mass is 228 g/mol. The molecule has 0 aliphatic heterocycles. The largest absolute Gasteiger partial charge is 0.496 e. The predicted octanol–water partition coefficient (Wildman–Crippen LogP) is 3.46. The van der Waals surface area contributed by atoms with Crippen molar-refractivity contribution in [3.8, 4) is 5.75 Å². The molecule has 0 heterocycles. The summed E-state index contributed by atoms with van der Waals surface area (Å²) in [6, 6.07) is 6.25. The van der Waals surface area contributed by atoms with Gasteiger partial charge in [0.25, 0.3) is 0 Å². The van der Waals surface area contributed by atoms with Gasteiger partial charge in [-0.1, -0.05) is 28.1 Å². The first-order valence-corrected chi connectivity index (χ1v) is 4.85. The Kier molecular flexibility index (Phi) is 3.15. The molecule has 0 aliphatic rings. The minimum Gasteiger partial charge on any atom is -0.496 e.